The fourth-order valence-corrected chi connectivity index (χ4v) is 2.55. The second kappa shape index (κ2) is 4.18. The van der Waals surface area contributed by atoms with Crippen molar-refractivity contribution in [2.24, 2.45) is 0 Å². The minimum atomic E-state index is 0.745. The van der Waals surface area contributed by atoms with Crippen molar-refractivity contribution in [1.82, 2.24) is 4.98 Å². The van der Waals surface area contributed by atoms with Crippen molar-refractivity contribution in [3.8, 4) is 22.9 Å². The molecular formula is C12H8BrNS. The quantitative estimate of drug-likeness (QED) is 0.722. The first-order chi connectivity index (χ1) is 7.20. The van der Waals surface area contributed by atoms with Crippen LogP contribution in [0.2, 0.25) is 0 Å². The molecule has 2 aromatic rings. The van der Waals surface area contributed by atoms with Crippen LogP contribution in [0.25, 0.3) is 10.6 Å². The van der Waals surface area contributed by atoms with Crippen molar-refractivity contribution < 1.29 is 0 Å². The average molecular weight is 278 g/mol. The van der Waals surface area contributed by atoms with Crippen LogP contribution in [0.5, 0.6) is 0 Å². The van der Waals surface area contributed by atoms with Crippen LogP contribution in [-0.2, 0) is 0 Å². The number of hydrogen-bond acceptors (Lipinski definition) is 2. The molecule has 0 saturated carbocycles. The molecular weight excluding hydrogens is 270 g/mol. The lowest BCUT2D eigenvalue weighted by molar-refractivity contribution is 1.33. The Hall–Kier alpha value is -1.11. The summed E-state index contributed by atoms with van der Waals surface area (Å²) in [5, 5.41) is 0.974. The molecule has 74 valence electrons. The van der Waals surface area contributed by atoms with Gasteiger partial charge in [-0.2, -0.15) is 0 Å². The van der Waals surface area contributed by atoms with Gasteiger partial charge in [0.1, 0.15) is 10.7 Å². The van der Waals surface area contributed by atoms with E-state index in [9.17, 15) is 0 Å². The van der Waals surface area contributed by atoms with Gasteiger partial charge in [0, 0.05) is 14.9 Å². The SMILES string of the molecule is C#Cc1nc(-c2cccc(Br)c2)sc1C. The molecule has 1 aromatic carbocycles. The molecule has 0 aliphatic carbocycles. The van der Waals surface area contributed by atoms with Gasteiger partial charge < -0.3 is 0 Å². The highest BCUT2D eigenvalue weighted by atomic mass is 79.9. The van der Waals surface area contributed by atoms with Gasteiger partial charge in [-0.3, -0.25) is 0 Å². The predicted octanol–water partition coefficient (Wildman–Crippen LogP) is 3.86. The molecule has 0 atom stereocenters. The van der Waals surface area contributed by atoms with Crippen molar-refractivity contribution >= 4 is 27.3 Å². The Bertz CT molecular complexity index is 537. The highest BCUT2D eigenvalue weighted by Gasteiger charge is 2.07. The fourth-order valence-electron chi connectivity index (χ4n) is 1.28. The number of halogens is 1. The van der Waals surface area contributed by atoms with Crippen molar-refractivity contribution in [3.05, 3.63) is 39.3 Å². The number of aromatic nitrogens is 1. The molecule has 3 heteroatoms. The summed E-state index contributed by atoms with van der Waals surface area (Å²) in [6.07, 6.45) is 5.36. The number of aryl methyl sites for hydroxylation is 1. The first-order valence-corrected chi connectivity index (χ1v) is 6.01. The van der Waals surface area contributed by atoms with Crippen molar-refractivity contribution in [2.45, 2.75) is 6.92 Å². The van der Waals surface area contributed by atoms with E-state index in [1.165, 1.54) is 0 Å². The Morgan fingerprint density at radius 3 is 2.87 bits per heavy atom. The van der Waals surface area contributed by atoms with E-state index in [-0.39, 0.29) is 0 Å². The fraction of sp³-hybridized carbons (Fsp3) is 0.0833. The summed E-state index contributed by atoms with van der Waals surface area (Å²) in [6, 6.07) is 8.06. The van der Waals surface area contributed by atoms with E-state index < -0.39 is 0 Å². The summed E-state index contributed by atoms with van der Waals surface area (Å²) < 4.78 is 1.05. The lowest BCUT2D eigenvalue weighted by Gasteiger charge is -1.95. The van der Waals surface area contributed by atoms with Gasteiger partial charge in [-0.1, -0.05) is 28.1 Å². The molecule has 0 fully saturated rings. The maximum absolute atomic E-state index is 5.36. The number of nitrogens with zero attached hydrogens (tertiary/aromatic N) is 1. The summed E-state index contributed by atoms with van der Waals surface area (Å²) in [5.41, 5.74) is 1.84. The highest BCUT2D eigenvalue weighted by Crippen LogP contribution is 2.28. The van der Waals surface area contributed by atoms with E-state index in [0.29, 0.717) is 0 Å². The normalized spacial score (nSPS) is 9.93. The molecule has 0 aliphatic rings. The maximum atomic E-state index is 5.36. The molecule has 0 saturated heterocycles. The van der Waals surface area contributed by atoms with Crippen LogP contribution < -0.4 is 0 Å². The molecule has 0 bridgehead atoms. The van der Waals surface area contributed by atoms with Crippen molar-refractivity contribution in [3.63, 3.8) is 0 Å². The lowest BCUT2D eigenvalue weighted by Crippen LogP contribution is -1.78. The third-order valence-corrected chi connectivity index (χ3v) is 3.52. The zero-order valence-electron chi connectivity index (χ0n) is 8.12. The van der Waals surface area contributed by atoms with Crippen LogP contribution in [-0.4, -0.2) is 4.98 Å². The zero-order chi connectivity index (χ0) is 10.8. The van der Waals surface area contributed by atoms with Gasteiger partial charge in [0.2, 0.25) is 0 Å². The molecule has 0 unspecified atom stereocenters. The van der Waals surface area contributed by atoms with Crippen LogP contribution in [0.15, 0.2) is 28.7 Å². The van der Waals surface area contributed by atoms with Crippen molar-refractivity contribution in [1.29, 1.82) is 0 Å². The van der Waals surface area contributed by atoms with Crippen LogP contribution in [0.1, 0.15) is 10.6 Å². The molecule has 0 aliphatic heterocycles. The Morgan fingerprint density at radius 1 is 1.47 bits per heavy atom. The second-order valence-electron chi connectivity index (χ2n) is 3.08. The first kappa shape index (κ1) is 10.4. The van der Waals surface area contributed by atoms with Crippen LogP contribution >= 0.6 is 27.3 Å². The lowest BCUT2D eigenvalue weighted by atomic mass is 10.2. The predicted molar refractivity (Wildman–Crippen MR) is 67.9 cm³/mol. The smallest absolute Gasteiger partial charge is 0.127 e. The van der Waals surface area contributed by atoms with Crippen molar-refractivity contribution in [2.75, 3.05) is 0 Å². The van der Waals surface area contributed by atoms with Gasteiger partial charge in [0.05, 0.1) is 0 Å². The Morgan fingerprint density at radius 2 is 2.27 bits per heavy atom. The van der Waals surface area contributed by atoms with E-state index >= 15 is 0 Å². The summed E-state index contributed by atoms with van der Waals surface area (Å²) >= 11 is 5.06. The molecule has 0 N–H and O–H groups in total. The Labute approximate surface area is 101 Å². The zero-order valence-corrected chi connectivity index (χ0v) is 10.5. The molecule has 1 nitrogen and oxygen atoms in total. The third kappa shape index (κ3) is 2.11. The van der Waals surface area contributed by atoms with E-state index in [1.807, 2.05) is 31.2 Å². The number of terminal acetylenes is 1. The van der Waals surface area contributed by atoms with E-state index in [1.54, 1.807) is 11.3 Å². The van der Waals surface area contributed by atoms with E-state index in [2.05, 4.69) is 26.8 Å². The van der Waals surface area contributed by atoms with Gasteiger partial charge in [-0.05, 0) is 25.0 Å². The number of hydrogen-bond donors (Lipinski definition) is 0. The average Bonchev–Trinajstić information content (AvgIpc) is 2.60. The van der Waals surface area contributed by atoms with Gasteiger partial charge in [0.15, 0.2) is 0 Å². The monoisotopic (exact) mass is 277 g/mol. The van der Waals surface area contributed by atoms with Gasteiger partial charge >= 0.3 is 0 Å². The molecule has 1 heterocycles. The topological polar surface area (TPSA) is 12.9 Å². The molecule has 0 amide bonds. The highest BCUT2D eigenvalue weighted by molar-refractivity contribution is 9.10. The summed E-state index contributed by atoms with van der Waals surface area (Å²) in [5.74, 6) is 2.59. The van der Waals surface area contributed by atoms with E-state index in [0.717, 1.165) is 25.6 Å². The molecule has 0 spiro atoms. The van der Waals surface area contributed by atoms with Gasteiger partial charge in [0.25, 0.3) is 0 Å². The largest absolute Gasteiger partial charge is 0.227 e. The summed E-state index contributed by atoms with van der Waals surface area (Å²) in [6.45, 7) is 1.99. The molecule has 0 radical (unpaired) electrons. The summed E-state index contributed by atoms with van der Waals surface area (Å²) in [4.78, 5) is 5.49. The maximum Gasteiger partial charge on any atom is 0.127 e. The number of rotatable bonds is 1. The minimum absolute atomic E-state index is 0.745. The number of thiazole rings is 1. The summed E-state index contributed by atoms with van der Waals surface area (Å²) in [7, 11) is 0. The minimum Gasteiger partial charge on any atom is -0.227 e. The van der Waals surface area contributed by atoms with Crippen LogP contribution in [0.4, 0.5) is 0 Å². The second-order valence-corrected chi connectivity index (χ2v) is 5.20. The standard InChI is InChI=1S/C12H8BrNS/c1-3-11-8(2)15-12(14-11)9-5-4-6-10(13)7-9/h1,4-7H,2H3. The first-order valence-electron chi connectivity index (χ1n) is 4.40. The van der Waals surface area contributed by atoms with Crippen LogP contribution in [0, 0.1) is 19.3 Å². The Balaban J connectivity index is 2.51. The van der Waals surface area contributed by atoms with Gasteiger partial charge in [-0.15, -0.1) is 17.8 Å². The molecule has 15 heavy (non-hydrogen) atoms. The number of benzene rings is 1. The third-order valence-electron chi connectivity index (χ3n) is 2.00. The molecule has 1 aromatic heterocycles. The van der Waals surface area contributed by atoms with E-state index in [4.69, 9.17) is 6.42 Å². The Kier molecular flexibility index (Phi) is 2.90. The van der Waals surface area contributed by atoms with Gasteiger partial charge in [-0.25, -0.2) is 4.98 Å². The molecule has 2 rings (SSSR count). The van der Waals surface area contributed by atoms with Crippen LogP contribution in [0.3, 0.4) is 0 Å².